The molecule has 0 saturated carbocycles. The summed E-state index contributed by atoms with van der Waals surface area (Å²) < 4.78 is 29.7. The number of sulfonamides is 1. The zero-order valence-electron chi connectivity index (χ0n) is 14.2. The summed E-state index contributed by atoms with van der Waals surface area (Å²) in [4.78, 5) is 0. The molecule has 7 heteroatoms. The molecule has 1 aromatic heterocycles. The normalized spacial score (nSPS) is 16.8. The van der Waals surface area contributed by atoms with Crippen molar-refractivity contribution in [1.82, 2.24) is 14.8 Å². The van der Waals surface area contributed by atoms with Gasteiger partial charge in [0.1, 0.15) is 12.2 Å². The molecule has 0 radical (unpaired) electrons. The van der Waals surface area contributed by atoms with Gasteiger partial charge in [-0.2, -0.15) is 0 Å². The van der Waals surface area contributed by atoms with E-state index in [-0.39, 0.29) is 5.75 Å². The molecule has 0 saturated heterocycles. The second-order valence-electron chi connectivity index (χ2n) is 6.61. The number of fused-ring (bicyclic) bond motifs is 1. The van der Waals surface area contributed by atoms with E-state index in [9.17, 15) is 8.42 Å². The van der Waals surface area contributed by atoms with Gasteiger partial charge in [-0.3, -0.25) is 4.72 Å². The first kappa shape index (κ1) is 16.8. The van der Waals surface area contributed by atoms with Crippen LogP contribution in [0.2, 0.25) is 0 Å². The molecule has 0 spiro atoms. The van der Waals surface area contributed by atoms with E-state index in [4.69, 9.17) is 0 Å². The summed E-state index contributed by atoms with van der Waals surface area (Å²) in [7, 11) is -3.45. The first-order valence-electron chi connectivity index (χ1n) is 8.60. The van der Waals surface area contributed by atoms with Gasteiger partial charge in [0, 0.05) is 24.6 Å². The van der Waals surface area contributed by atoms with Crippen LogP contribution in [0.15, 0.2) is 60.9 Å². The predicted molar refractivity (Wildman–Crippen MR) is 100 cm³/mol. The van der Waals surface area contributed by atoms with Crippen molar-refractivity contribution in [3.8, 4) is 0 Å². The summed E-state index contributed by atoms with van der Waals surface area (Å²) in [6.07, 6.45) is 3.63. The maximum atomic E-state index is 12.5. The van der Waals surface area contributed by atoms with Gasteiger partial charge >= 0.3 is 0 Å². The van der Waals surface area contributed by atoms with Crippen molar-refractivity contribution in [1.29, 1.82) is 0 Å². The number of hydrogen-bond donors (Lipinski definition) is 1. The summed E-state index contributed by atoms with van der Waals surface area (Å²) >= 11 is 0. The molecule has 0 unspecified atom stereocenters. The van der Waals surface area contributed by atoms with Crippen molar-refractivity contribution >= 4 is 15.7 Å². The molecule has 3 aromatic rings. The van der Waals surface area contributed by atoms with E-state index >= 15 is 0 Å². The van der Waals surface area contributed by atoms with E-state index in [2.05, 4.69) is 25.6 Å². The summed E-state index contributed by atoms with van der Waals surface area (Å²) in [5.41, 5.74) is 2.50. The maximum absolute atomic E-state index is 12.5. The van der Waals surface area contributed by atoms with Crippen molar-refractivity contribution in [3.05, 3.63) is 77.9 Å². The highest BCUT2D eigenvalue weighted by molar-refractivity contribution is 7.91. The van der Waals surface area contributed by atoms with E-state index < -0.39 is 10.0 Å². The minimum atomic E-state index is -3.45. The number of nitrogens with one attached hydrogen (secondary N) is 1. The van der Waals surface area contributed by atoms with Crippen molar-refractivity contribution in [2.24, 2.45) is 0 Å². The zero-order valence-corrected chi connectivity index (χ0v) is 15.1. The second-order valence-corrected chi connectivity index (χ2v) is 8.33. The summed E-state index contributed by atoms with van der Waals surface area (Å²) in [5.74, 6) is 1.31. The van der Waals surface area contributed by atoms with Gasteiger partial charge in [-0.05, 0) is 29.7 Å². The lowest BCUT2D eigenvalue weighted by atomic mass is 9.91. The Hall–Kier alpha value is -2.67. The van der Waals surface area contributed by atoms with Gasteiger partial charge < -0.3 is 4.57 Å². The molecule has 0 fully saturated rings. The molecule has 1 aliphatic heterocycles. The van der Waals surface area contributed by atoms with Gasteiger partial charge in [0.2, 0.25) is 10.0 Å². The highest BCUT2D eigenvalue weighted by atomic mass is 32.2. The Balaban J connectivity index is 1.49. The fourth-order valence-corrected chi connectivity index (χ4v) is 4.58. The van der Waals surface area contributed by atoms with E-state index in [1.165, 1.54) is 0 Å². The molecule has 1 N–H and O–H groups in total. The number of benzene rings is 2. The van der Waals surface area contributed by atoms with Gasteiger partial charge in [-0.1, -0.05) is 42.5 Å². The molecule has 26 heavy (non-hydrogen) atoms. The fraction of sp³-hybridized carbons (Fsp3) is 0.263. The standard InChI is InChI=1S/C19H20N4O2S/c24-26(25,13-15-5-2-1-3-6-15)22-18-8-4-7-16(11-18)17-9-10-19-21-20-14-23(19)12-17/h1-8,11,14,17,22H,9-10,12-13H2/t17-/m0/s1. The van der Waals surface area contributed by atoms with Gasteiger partial charge in [-0.15, -0.1) is 10.2 Å². The first-order chi connectivity index (χ1) is 12.6. The highest BCUT2D eigenvalue weighted by Crippen LogP contribution is 2.29. The molecule has 2 aromatic carbocycles. The molecule has 134 valence electrons. The SMILES string of the molecule is O=S(=O)(Cc1ccccc1)Nc1cccc([C@H]2CCc3nncn3C2)c1. The Morgan fingerprint density at radius 1 is 1.12 bits per heavy atom. The van der Waals surface area contributed by atoms with Gasteiger partial charge in [0.25, 0.3) is 0 Å². The number of aromatic nitrogens is 3. The zero-order chi connectivity index (χ0) is 18.0. The Labute approximate surface area is 153 Å². The van der Waals surface area contributed by atoms with Crippen molar-refractivity contribution in [2.75, 3.05) is 4.72 Å². The monoisotopic (exact) mass is 368 g/mol. The molecule has 6 nitrogen and oxygen atoms in total. The Kier molecular flexibility index (Phi) is 4.46. The van der Waals surface area contributed by atoms with Crippen LogP contribution in [0.4, 0.5) is 5.69 Å². The van der Waals surface area contributed by atoms with Crippen LogP contribution >= 0.6 is 0 Å². The van der Waals surface area contributed by atoms with Crippen LogP contribution in [0.25, 0.3) is 0 Å². The molecule has 4 rings (SSSR count). The van der Waals surface area contributed by atoms with Gasteiger partial charge in [0.15, 0.2) is 0 Å². The third-order valence-corrected chi connectivity index (χ3v) is 5.92. The molecule has 0 bridgehead atoms. The number of nitrogens with zero attached hydrogens (tertiary/aromatic N) is 3. The second kappa shape index (κ2) is 6.92. The molecule has 0 amide bonds. The number of rotatable bonds is 5. The third kappa shape index (κ3) is 3.77. The Morgan fingerprint density at radius 3 is 2.81 bits per heavy atom. The molecule has 0 aliphatic carbocycles. The number of hydrogen-bond acceptors (Lipinski definition) is 4. The van der Waals surface area contributed by atoms with Crippen LogP contribution in [-0.4, -0.2) is 23.2 Å². The lowest BCUT2D eigenvalue weighted by Crippen LogP contribution is -2.19. The van der Waals surface area contributed by atoms with Crippen molar-refractivity contribution in [3.63, 3.8) is 0 Å². The van der Waals surface area contributed by atoms with Crippen LogP contribution in [0.1, 0.15) is 29.3 Å². The average molecular weight is 368 g/mol. The smallest absolute Gasteiger partial charge is 0.236 e. The minimum Gasteiger partial charge on any atom is -0.317 e. The van der Waals surface area contributed by atoms with E-state index in [0.29, 0.717) is 11.6 Å². The maximum Gasteiger partial charge on any atom is 0.236 e. The number of anilines is 1. The molecule has 2 heterocycles. The Bertz CT molecular complexity index is 999. The Morgan fingerprint density at radius 2 is 1.96 bits per heavy atom. The molecule has 1 aliphatic rings. The largest absolute Gasteiger partial charge is 0.317 e. The third-order valence-electron chi connectivity index (χ3n) is 4.66. The molecular formula is C19H20N4O2S. The van der Waals surface area contributed by atoms with E-state index in [0.717, 1.165) is 36.3 Å². The van der Waals surface area contributed by atoms with Crippen molar-refractivity contribution in [2.45, 2.75) is 31.1 Å². The summed E-state index contributed by atoms with van der Waals surface area (Å²) in [6.45, 7) is 0.822. The van der Waals surface area contributed by atoms with Crippen LogP contribution in [-0.2, 0) is 28.7 Å². The minimum absolute atomic E-state index is 0.0361. The molecular weight excluding hydrogens is 348 g/mol. The average Bonchev–Trinajstić information content (AvgIpc) is 3.09. The van der Waals surface area contributed by atoms with Crippen LogP contribution in [0.3, 0.4) is 0 Å². The molecule has 1 atom stereocenters. The summed E-state index contributed by atoms with van der Waals surface area (Å²) in [6, 6.07) is 16.9. The first-order valence-corrected chi connectivity index (χ1v) is 10.3. The quantitative estimate of drug-likeness (QED) is 0.751. The van der Waals surface area contributed by atoms with Crippen molar-refractivity contribution < 1.29 is 8.42 Å². The predicted octanol–water partition coefficient (Wildman–Crippen LogP) is 2.95. The fourth-order valence-electron chi connectivity index (χ4n) is 3.39. The lowest BCUT2D eigenvalue weighted by molar-refractivity contribution is 0.456. The lowest BCUT2D eigenvalue weighted by Gasteiger charge is -2.23. The summed E-state index contributed by atoms with van der Waals surface area (Å²) in [5, 5.41) is 8.07. The van der Waals surface area contributed by atoms with Crippen LogP contribution in [0, 0.1) is 0 Å². The van der Waals surface area contributed by atoms with Crippen LogP contribution in [0.5, 0.6) is 0 Å². The van der Waals surface area contributed by atoms with E-state index in [1.807, 2.05) is 42.5 Å². The van der Waals surface area contributed by atoms with E-state index in [1.54, 1.807) is 12.4 Å². The van der Waals surface area contributed by atoms with Gasteiger partial charge in [-0.25, -0.2) is 8.42 Å². The van der Waals surface area contributed by atoms with Gasteiger partial charge in [0.05, 0.1) is 5.75 Å². The highest BCUT2D eigenvalue weighted by Gasteiger charge is 2.21. The van der Waals surface area contributed by atoms with Crippen LogP contribution < -0.4 is 4.72 Å². The topological polar surface area (TPSA) is 76.9 Å². The number of aryl methyl sites for hydroxylation is 1.